The Bertz CT molecular complexity index is 831. The molecule has 1 aromatic heterocycles. The summed E-state index contributed by atoms with van der Waals surface area (Å²) in [6.45, 7) is 7.18. The van der Waals surface area contributed by atoms with Gasteiger partial charge < -0.3 is 4.74 Å². The van der Waals surface area contributed by atoms with Gasteiger partial charge in [0.15, 0.2) is 5.78 Å². The number of benzene rings is 1. The number of halogens is 2. The molecule has 2 rings (SSSR count). The standard InChI is InChI=1S/C21H23ClFNO3/c1-5-13(11-17(25)27-21(2,3)4)15-8-9-16(22)18(19(15)23)20(26)14-7-6-10-24-12-14/h6-10,12-13H,5,11H2,1-4H3/t13-/m0/s1. The summed E-state index contributed by atoms with van der Waals surface area (Å²) < 4.78 is 20.6. The Hall–Kier alpha value is -2.27. The lowest BCUT2D eigenvalue weighted by Crippen LogP contribution is -2.25. The van der Waals surface area contributed by atoms with E-state index in [9.17, 15) is 9.59 Å². The van der Waals surface area contributed by atoms with E-state index in [2.05, 4.69) is 4.98 Å². The minimum absolute atomic E-state index is 0.0207. The first-order chi connectivity index (χ1) is 12.6. The van der Waals surface area contributed by atoms with Crippen LogP contribution in [0.1, 0.15) is 67.9 Å². The molecular formula is C21H23ClFNO3. The normalized spacial score (nSPS) is 12.5. The van der Waals surface area contributed by atoms with Crippen molar-refractivity contribution in [3.8, 4) is 0 Å². The smallest absolute Gasteiger partial charge is 0.306 e. The van der Waals surface area contributed by atoms with Gasteiger partial charge >= 0.3 is 5.97 Å². The number of aromatic nitrogens is 1. The highest BCUT2D eigenvalue weighted by molar-refractivity contribution is 6.35. The third-order valence-electron chi connectivity index (χ3n) is 4.04. The van der Waals surface area contributed by atoms with Crippen LogP contribution in [0.5, 0.6) is 0 Å². The first-order valence-corrected chi connectivity index (χ1v) is 9.16. The fourth-order valence-corrected chi connectivity index (χ4v) is 3.02. The van der Waals surface area contributed by atoms with Crippen molar-refractivity contribution in [2.24, 2.45) is 0 Å². The highest BCUT2D eigenvalue weighted by Gasteiger charge is 2.27. The molecule has 1 heterocycles. The molecule has 0 amide bonds. The molecule has 1 aromatic carbocycles. The molecule has 0 saturated carbocycles. The molecule has 0 saturated heterocycles. The van der Waals surface area contributed by atoms with Crippen LogP contribution in [0.4, 0.5) is 4.39 Å². The molecule has 0 N–H and O–H groups in total. The van der Waals surface area contributed by atoms with Gasteiger partial charge in [0.25, 0.3) is 0 Å². The molecule has 6 heteroatoms. The van der Waals surface area contributed by atoms with E-state index < -0.39 is 29.1 Å². The van der Waals surface area contributed by atoms with E-state index in [-0.39, 0.29) is 28.1 Å². The zero-order chi connectivity index (χ0) is 20.2. The van der Waals surface area contributed by atoms with Crippen molar-refractivity contribution < 1.29 is 18.7 Å². The Morgan fingerprint density at radius 3 is 2.52 bits per heavy atom. The lowest BCUT2D eigenvalue weighted by atomic mass is 9.90. The molecule has 0 unspecified atom stereocenters. The minimum atomic E-state index is -0.702. The Morgan fingerprint density at radius 1 is 1.26 bits per heavy atom. The van der Waals surface area contributed by atoms with Crippen molar-refractivity contribution in [1.82, 2.24) is 4.98 Å². The third-order valence-corrected chi connectivity index (χ3v) is 4.35. The number of nitrogens with zero attached hydrogens (tertiary/aromatic N) is 1. The van der Waals surface area contributed by atoms with E-state index in [1.165, 1.54) is 24.5 Å². The summed E-state index contributed by atoms with van der Waals surface area (Å²) >= 11 is 6.11. The number of carbonyl (C=O) groups is 2. The Balaban J connectivity index is 2.37. The van der Waals surface area contributed by atoms with Crippen LogP contribution in [-0.4, -0.2) is 22.3 Å². The number of esters is 1. The number of pyridine rings is 1. The monoisotopic (exact) mass is 391 g/mol. The zero-order valence-corrected chi connectivity index (χ0v) is 16.6. The van der Waals surface area contributed by atoms with E-state index >= 15 is 4.39 Å². The summed E-state index contributed by atoms with van der Waals surface area (Å²) in [4.78, 5) is 28.8. The van der Waals surface area contributed by atoms with Crippen molar-refractivity contribution in [2.45, 2.75) is 52.1 Å². The van der Waals surface area contributed by atoms with Gasteiger partial charge in [-0.3, -0.25) is 14.6 Å². The van der Waals surface area contributed by atoms with Crippen LogP contribution in [0.3, 0.4) is 0 Å². The van der Waals surface area contributed by atoms with E-state index in [0.29, 0.717) is 6.42 Å². The average Bonchev–Trinajstić information content (AvgIpc) is 2.59. The van der Waals surface area contributed by atoms with E-state index in [1.54, 1.807) is 32.9 Å². The minimum Gasteiger partial charge on any atom is -0.460 e. The summed E-state index contributed by atoms with van der Waals surface area (Å²) in [5, 5.41) is 0.0252. The topological polar surface area (TPSA) is 56.3 Å². The van der Waals surface area contributed by atoms with Gasteiger partial charge in [-0.05, 0) is 56.9 Å². The lowest BCUT2D eigenvalue weighted by molar-refractivity contribution is -0.155. The predicted octanol–water partition coefficient (Wildman–Crippen LogP) is 5.33. The van der Waals surface area contributed by atoms with E-state index in [0.717, 1.165) is 0 Å². The Labute approximate surface area is 163 Å². The van der Waals surface area contributed by atoms with Gasteiger partial charge in [0.1, 0.15) is 11.4 Å². The van der Waals surface area contributed by atoms with Crippen LogP contribution in [-0.2, 0) is 9.53 Å². The van der Waals surface area contributed by atoms with Crippen LogP contribution >= 0.6 is 11.6 Å². The highest BCUT2D eigenvalue weighted by Crippen LogP contribution is 2.32. The summed E-state index contributed by atoms with van der Waals surface area (Å²) in [5.74, 6) is -2.08. The molecule has 0 aliphatic carbocycles. The van der Waals surface area contributed by atoms with Crippen molar-refractivity contribution >= 4 is 23.4 Å². The quantitative estimate of drug-likeness (QED) is 0.493. The fourth-order valence-electron chi connectivity index (χ4n) is 2.79. The molecule has 1 atom stereocenters. The molecule has 0 bridgehead atoms. The second-order valence-electron chi connectivity index (χ2n) is 7.29. The summed E-state index contributed by atoms with van der Waals surface area (Å²) in [5.41, 5.74) is -0.296. The molecule has 2 aromatic rings. The van der Waals surface area contributed by atoms with Crippen LogP contribution in [0, 0.1) is 5.82 Å². The van der Waals surface area contributed by atoms with Crippen LogP contribution in [0.15, 0.2) is 36.7 Å². The number of carbonyl (C=O) groups excluding carboxylic acids is 2. The molecule has 27 heavy (non-hydrogen) atoms. The first kappa shape index (κ1) is 21.0. The number of hydrogen-bond donors (Lipinski definition) is 0. The number of hydrogen-bond acceptors (Lipinski definition) is 4. The lowest BCUT2D eigenvalue weighted by Gasteiger charge is -2.22. The second kappa shape index (κ2) is 8.61. The highest BCUT2D eigenvalue weighted by atomic mass is 35.5. The van der Waals surface area contributed by atoms with Gasteiger partial charge in [0.2, 0.25) is 0 Å². The van der Waals surface area contributed by atoms with Gasteiger partial charge in [0, 0.05) is 18.0 Å². The maximum atomic E-state index is 15.2. The van der Waals surface area contributed by atoms with Crippen molar-refractivity contribution in [3.63, 3.8) is 0 Å². The number of rotatable bonds is 6. The Morgan fingerprint density at radius 2 is 1.96 bits per heavy atom. The molecule has 0 radical (unpaired) electrons. The summed E-state index contributed by atoms with van der Waals surface area (Å²) in [6, 6.07) is 6.16. The summed E-state index contributed by atoms with van der Waals surface area (Å²) in [7, 11) is 0. The maximum absolute atomic E-state index is 15.2. The van der Waals surface area contributed by atoms with Gasteiger partial charge in [-0.25, -0.2) is 4.39 Å². The molecule has 0 aliphatic heterocycles. The van der Waals surface area contributed by atoms with Crippen molar-refractivity contribution in [2.75, 3.05) is 0 Å². The molecule has 4 nitrogen and oxygen atoms in total. The van der Waals surface area contributed by atoms with Crippen LogP contribution in [0.2, 0.25) is 5.02 Å². The number of ketones is 1. The van der Waals surface area contributed by atoms with Crippen LogP contribution < -0.4 is 0 Å². The molecule has 0 spiro atoms. The van der Waals surface area contributed by atoms with Gasteiger partial charge in [-0.15, -0.1) is 0 Å². The SMILES string of the molecule is CC[C@@H](CC(=O)OC(C)(C)C)c1ccc(Cl)c(C(=O)c2cccnc2)c1F. The van der Waals surface area contributed by atoms with Crippen molar-refractivity contribution in [3.05, 3.63) is 64.2 Å². The predicted molar refractivity (Wildman–Crippen MR) is 103 cm³/mol. The van der Waals surface area contributed by atoms with Crippen molar-refractivity contribution in [1.29, 1.82) is 0 Å². The average molecular weight is 392 g/mol. The van der Waals surface area contributed by atoms with Gasteiger partial charge in [-0.2, -0.15) is 0 Å². The van der Waals surface area contributed by atoms with E-state index in [1.807, 2.05) is 6.92 Å². The fraction of sp³-hybridized carbons (Fsp3) is 0.381. The van der Waals surface area contributed by atoms with Gasteiger partial charge in [-0.1, -0.05) is 24.6 Å². The molecule has 0 fully saturated rings. The third kappa shape index (κ3) is 5.36. The van der Waals surface area contributed by atoms with E-state index in [4.69, 9.17) is 16.3 Å². The largest absolute Gasteiger partial charge is 0.460 e. The van der Waals surface area contributed by atoms with Gasteiger partial charge in [0.05, 0.1) is 17.0 Å². The van der Waals surface area contributed by atoms with Crippen LogP contribution in [0.25, 0.3) is 0 Å². The summed E-state index contributed by atoms with van der Waals surface area (Å²) in [6.07, 6.45) is 3.42. The molecular weight excluding hydrogens is 369 g/mol. The first-order valence-electron chi connectivity index (χ1n) is 8.78. The molecule has 0 aliphatic rings. The molecule has 144 valence electrons. The second-order valence-corrected chi connectivity index (χ2v) is 7.70. The maximum Gasteiger partial charge on any atom is 0.306 e. The number of ether oxygens (including phenoxy) is 1. The Kier molecular flexibility index (Phi) is 6.71. The zero-order valence-electron chi connectivity index (χ0n) is 15.9.